The third-order valence-corrected chi connectivity index (χ3v) is 1.10. The van der Waals surface area contributed by atoms with Gasteiger partial charge in [0.1, 0.15) is 0 Å². The maximum absolute atomic E-state index is 10.5. The van der Waals surface area contributed by atoms with E-state index in [0.717, 1.165) is 5.69 Å². The zero-order chi connectivity index (χ0) is 8.27. The second-order valence-electron chi connectivity index (χ2n) is 2.24. The van der Waals surface area contributed by atoms with E-state index in [0.29, 0.717) is 5.82 Å². The zero-order valence-electron chi connectivity index (χ0n) is 6.46. The largest absolute Gasteiger partial charge is 0.309 e. The predicted octanol–water partition coefficient (Wildman–Crippen LogP) is 0.743. The summed E-state index contributed by atoms with van der Waals surface area (Å²) in [4.78, 5) is 10.5. The van der Waals surface area contributed by atoms with Gasteiger partial charge < -0.3 is 5.32 Å². The SMILES string of the molecule is CC(=O)Nc1ccc(C)nn1. The van der Waals surface area contributed by atoms with Crippen LogP contribution in [0.25, 0.3) is 0 Å². The van der Waals surface area contributed by atoms with E-state index in [9.17, 15) is 4.79 Å². The first-order chi connectivity index (χ1) is 5.18. The number of aromatic nitrogens is 2. The van der Waals surface area contributed by atoms with E-state index in [1.54, 1.807) is 12.1 Å². The fourth-order valence-electron chi connectivity index (χ4n) is 0.646. The van der Waals surface area contributed by atoms with E-state index in [1.807, 2.05) is 6.92 Å². The molecule has 1 amide bonds. The Hall–Kier alpha value is -1.45. The molecule has 0 aliphatic carbocycles. The average Bonchev–Trinajstić information content (AvgIpc) is 1.93. The Morgan fingerprint density at radius 3 is 2.64 bits per heavy atom. The highest BCUT2D eigenvalue weighted by Gasteiger charge is 1.95. The monoisotopic (exact) mass is 151 g/mol. The van der Waals surface area contributed by atoms with Crippen LogP contribution in [0.15, 0.2) is 12.1 Å². The van der Waals surface area contributed by atoms with Gasteiger partial charge in [-0.15, -0.1) is 5.10 Å². The third kappa shape index (κ3) is 2.33. The first-order valence-electron chi connectivity index (χ1n) is 3.26. The molecule has 0 aliphatic heterocycles. The van der Waals surface area contributed by atoms with Gasteiger partial charge in [-0.2, -0.15) is 5.10 Å². The van der Waals surface area contributed by atoms with Crippen molar-refractivity contribution >= 4 is 11.7 Å². The van der Waals surface area contributed by atoms with Crippen LogP contribution in [0.3, 0.4) is 0 Å². The van der Waals surface area contributed by atoms with Crippen LogP contribution in [-0.2, 0) is 4.79 Å². The van der Waals surface area contributed by atoms with Crippen molar-refractivity contribution < 1.29 is 4.79 Å². The molecule has 0 spiro atoms. The number of hydrogen-bond acceptors (Lipinski definition) is 3. The summed E-state index contributed by atoms with van der Waals surface area (Å²) in [6.07, 6.45) is 0. The van der Waals surface area contributed by atoms with Crippen molar-refractivity contribution in [2.45, 2.75) is 13.8 Å². The molecule has 1 heterocycles. The summed E-state index contributed by atoms with van der Waals surface area (Å²) in [6, 6.07) is 3.50. The number of carbonyl (C=O) groups is 1. The predicted molar refractivity (Wildman–Crippen MR) is 41.1 cm³/mol. The van der Waals surface area contributed by atoms with E-state index in [-0.39, 0.29) is 5.91 Å². The van der Waals surface area contributed by atoms with Crippen molar-refractivity contribution in [3.05, 3.63) is 17.8 Å². The van der Waals surface area contributed by atoms with Crippen molar-refractivity contribution in [1.82, 2.24) is 10.2 Å². The minimum atomic E-state index is -0.136. The maximum Gasteiger partial charge on any atom is 0.222 e. The Kier molecular flexibility index (Phi) is 2.15. The van der Waals surface area contributed by atoms with Gasteiger partial charge >= 0.3 is 0 Å². The molecule has 1 rings (SSSR count). The summed E-state index contributed by atoms with van der Waals surface area (Å²) in [5.74, 6) is 0.353. The fraction of sp³-hybridized carbons (Fsp3) is 0.286. The van der Waals surface area contributed by atoms with Gasteiger partial charge in [0.25, 0.3) is 0 Å². The number of nitrogens with zero attached hydrogens (tertiary/aromatic N) is 2. The third-order valence-electron chi connectivity index (χ3n) is 1.10. The maximum atomic E-state index is 10.5. The first-order valence-corrected chi connectivity index (χ1v) is 3.26. The van der Waals surface area contributed by atoms with Crippen LogP contribution in [-0.4, -0.2) is 16.1 Å². The minimum Gasteiger partial charge on any atom is -0.309 e. The molecule has 0 unspecified atom stereocenters. The summed E-state index contributed by atoms with van der Waals surface area (Å²) in [6.45, 7) is 3.27. The van der Waals surface area contributed by atoms with Crippen molar-refractivity contribution in [3.8, 4) is 0 Å². The molecule has 0 aliphatic rings. The van der Waals surface area contributed by atoms with Gasteiger partial charge in [-0.1, -0.05) is 0 Å². The molecule has 0 aromatic carbocycles. The molecule has 11 heavy (non-hydrogen) atoms. The van der Waals surface area contributed by atoms with Gasteiger partial charge in [-0.25, -0.2) is 0 Å². The summed E-state index contributed by atoms with van der Waals surface area (Å²) < 4.78 is 0. The number of rotatable bonds is 1. The van der Waals surface area contributed by atoms with Gasteiger partial charge in [0.2, 0.25) is 5.91 Å². The molecule has 0 atom stereocenters. The van der Waals surface area contributed by atoms with Crippen molar-refractivity contribution in [2.75, 3.05) is 5.32 Å². The molecule has 0 radical (unpaired) electrons. The van der Waals surface area contributed by atoms with Crippen LogP contribution in [0.2, 0.25) is 0 Å². The lowest BCUT2D eigenvalue weighted by molar-refractivity contribution is -0.114. The highest BCUT2D eigenvalue weighted by molar-refractivity contribution is 5.87. The number of hydrogen-bond donors (Lipinski definition) is 1. The van der Waals surface area contributed by atoms with E-state index < -0.39 is 0 Å². The second kappa shape index (κ2) is 3.09. The highest BCUT2D eigenvalue weighted by Crippen LogP contribution is 1.99. The standard InChI is InChI=1S/C7H9N3O/c1-5-3-4-7(10-9-5)8-6(2)11/h3-4H,1-2H3,(H,8,10,11). The molecular weight excluding hydrogens is 142 g/mol. The minimum absolute atomic E-state index is 0.136. The Morgan fingerprint density at radius 2 is 2.18 bits per heavy atom. The normalized spacial score (nSPS) is 9.27. The lowest BCUT2D eigenvalue weighted by atomic mass is 10.4. The summed E-state index contributed by atoms with van der Waals surface area (Å²) in [5, 5.41) is 10.0. The van der Waals surface area contributed by atoms with Gasteiger partial charge in [0, 0.05) is 6.92 Å². The highest BCUT2D eigenvalue weighted by atomic mass is 16.1. The van der Waals surface area contributed by atoms with Crippen molar-refractivity contribution in [1.29, 1.82) is 0 Å². The van der Waals surface area contributed by atoms with Gasteiger partial charge in [0.05, 0.1) is 5.69 Å². The summed E-state index contributed by atoms with van der Waals surface area (Å²) in [7, 11) is 0. The second-order valence-corrected chi connectivity index (χ2v) is 2.24. The average molecular weight is 151 g/mol. The lowest BCUT2D eigenvalue weighted by Gasteiger charge is -1.97. The van der Waals surface area contributed by atoms with Gasteiger partial charge in [0.15, 0.2) is 5.82 Å². The summed E-state index contributed by atoms with van der Waals surface area (Å²) >= 11 is 0. The Labute approximate surface area is 64.6 Å². The van der Waals surface area contributed by atoms with Crippen LogP contribution in [0.1, 0.15) is 12.6 Å². The lowest BCUT2D eigenvalue weighted by Crippen LogP contribution is -2.07. The molecule has 0 saturated carbocycles. The Balaban J connectivity index is 2.74. The van der Waals surface area contributed by atoms with E-state index in [4.69, 9.17) is 0 Å². The molecule has 1 aromatic heterocycles. The molecule has 0 saturated heterocycles. The van der Waals surface area contributed by atoms with Crippen LogP contribution >= 0.6 is 0 Å². The quantitative estimate of drug-likeness (QED) is 0.644. The number of amides is 1. The van der Waals surface area contributed by atoms with E-state index >= 15 is 0 Å². The molecule has 1 aromatic rings. The molecule has 1 N–H and O–H groups in total. The molecular formula is C7H9N3O. The molecule has 4 nitrogen and oxygen atoms in total. The van der Waals surface area contributed by atoms with Crippen LogP contribution in [0.4, 0.5) is 5.82 Å². The Bertz CT molecular complexity index is 255. The number of anilines is 1. The molecule has 58 valence electrons. The smallest absolute Gasteiger partial charge is 0.222 e. The number of aryl methyl sites for hydroxylation is 1. The Morgan fingerprint density at radius 1 is 1.45 bits per heavy atom. The first kappa shape index (κ1) is 7.65. The molecule has 4 heteroatoms. The number of nitrogens with one attached hydrogen (secondary N) is 1. The van der Waals surface area contributed by atoms with Gasteiger partial charge in [-0.05, 0) is 19.1 Å². The van der Waals surface area contributed by atoms with Crippen molar-refractivity contribution in [2.24, 2.45) is 0 Å². The van der Waals surface area contributed by atoms with Crippen LogP contribution in [0, 0.1) is 6.92 Å². The number of carbonyl (C=O) groups excluding carboxylic acids is 1. The van der Waals surface area contributed by atoms with Crippen molar-refractivity contribution in [3.63, 3.8) is 0 Å². The van der Waals surface area contributed by atoms with Crippen LogP contribution < -0.4 is 5.32 Å². The molecule has 0 bridgehead atoms. The topological polar surface area (TPSA) is 54.9 Å². The van der Waals surface area contributed by atoms with E-state index in [2.05, 4.69) is 15.5 Å². The fourth-order valence-corrected chi connectivity index (χ4v) is 0.646. The summed E-state index contributed by atoms with van der Waals surface area (Å²) in [5.41, 5.74) is 0.833. The van der Waals surface area contributed by atoms with Gasteiger partial charge in [-0.3, -0.25) is 4.79 Å². The zero-order valence-corrected chi connectivity index (χ0v) is 6.46. The van der Waals surface area contributed by atoms with Crippen LogP contribution in [0.5, 0.6) is 0 Å². The molecule has 0 fully saturated rings. The van der Waals surface area contributed by atoms with E-state index in [1.165, 1.54) is 6.92 Å².